The summed E-state index contributed by atoms with van der Waals surface area (Å²) in [5.74, 6) is -3.92. The van der Waals surface area contributed by atoms with Crippen molar-refractivity contribution in [2.45, 2.75) is 23.5 Å². The van der Waals surface area contributed by atoms with Crippen LogP contribution in [0, 0.1) is 0 Å². The number of rotatable bonds is 9. The molecule has 0 radical (unpaired) electrons. The van der Waals surface area contributed by atoms with E-state index in [1.807, 2.05) is 0 Å². The van der Waals surface area contributed by atoms with Crippen molar-refractivity contribution in [3.63, 3.8) is 0 Å². The van der Waals surface area contributed by atoms with E-state index in [1.165, 1.54) is 18.8 Å². The Hall–Kier alpha value is -1.71. The summed E-state index contributed by atoms with van der Waals surface area (Å²) in [6, 6.07) is -1.06. The maximum atomic E-state index is 12.9. The molecule has 2 atom stereocenters. The molecule has 2 amide bonds. The second kappa shape index (κ2) is 14.3. The van der Waals surface area contributed by atoms with Crippen LogP contribution < -0.4 is 85.9 Å². The molecule has 1 fully saturated rings. The fourth-order valence-electron chi connectivity index (χ4n) is 3.34. The van der Waals surface area contributed by atoms with E-state index in [4.69, 9.17) is 10.6 Å². The Bertz CT molecular complexity index is 1400. The summed E-state index contributed by atoms with van der Waals surface area (Å²) in [6.45, 7) is 1.81. The zero-order chi connectivity index (χ0) is 26.9. The number of amides is 2. The normalized spacial score (nSPS) is 18.4. The SMILES string of the molecule is CCON=C(C(=O)NC1C(=O)N2C(C(=O)[O-])=C(CSc3nc(=O)c([O-])nn3C)CS[C@@H]12)c1nsc(N)n1.[Na+].[Na+]. The van der Waals surface area contributed by atoms with E-state index in [9.17, 15) is 29.4 Å². The minimum atomic E-state index is -1.57. The van der Waals surface area contributed by atoms with Crippen LogP contribution in [0.15, 0.2) is 26.4 Å². The molecule has 2 aromatic heterocycles. The van der Waals surface area contributed by atoms with Gasteiger partial charge in [-0.05, 0) is 12.5 Å². The summed E-state index contributed by atoms with van der Waals surface area (Å²) in [5.41, 5.74) is 4.27. The van der Waals surface area contributed by atoms with E-state index in [0.717, 1.165) is 32.9 Å². The number of nitrogens with zero attached hydrogens (tertiary/aromatic N) is 7. The number of anilines is 1. The zero-order valence-corrected chi connectivity index (χ0v) is 27.5. The standard InChI is InChI=1S/C18H19N9O7S3.2Na/c1-3-34-24-7(10-21-17(19)37-25-10)11(28)20-8-14(31)27-9(16(32)33)6(4-35-15(8)27)5-36-18-22-12(29)13(30)23-26(18)2;;/h8,15H,3-5H2,1-2H3,(H,20,28)(H,23,30)(H,32,33)(H2,19,21,25);;/q;2*+1/p-2/t8?,15-;;/m0../s1. The number of aliphatic carboxylic acids is 1. The Morgan fingerprint density at radius 2 is 2.03 bits per heavy atom. The predicted molar refractivity (Wildman–Crippen MR) is 127 cm³/mol. The number of nitrogens with one attached hydrogen (secondary N) is 1. The number of thioether (sulfide) groups is 2. The molecule has 196 valence electrons. The number of carbonyl (C=O) groups is 3. The van der Waals surface area contributed by atoms with Gasteiger partial charge in [0.05, 0.1) is 17.5 Å². The van der Waals surface area contributed by atoms with Gasteiger partial charge < -0.3 is 30.9 Å². The molecular formula is C18H17N9Na2O7S3. The summed E-state index contributed by atoms with van der Waals surface area (Å²) in [7, 11) is 1.42. The van der Waals surface area contributed by atoms with Gasteiger partial charge in [0, 0.05) is 30.1 Å². The molecule has 2 aromatic rings. The van der Waals surface area contributed by atoms with Crippen molar-refractivity contribution in [2.24, 2.45) is 12.2 Å². The van der Waals surface area contributed by atoms with Crippen molar-refractivity contribution in [3.05, 3.63) is 27.4 Å². The smallest absolute Gasteiger partial charge is 0.854 e. The van der Waals surface area contributed by atoms with Gasteiger partial charge in [0.1, 0.15) is 18.0 Å². The molecule has 21 heteroatoms. The molecule has 2 aliphatic rings. The third kappa shape index (κ3) is 7.14. The maximum absolute atomic E-state index is 12.9. The van der Waals surface area contributed by atoms with Gasteiger partial charge >= 0.3 is 59.1 Å². The Balaban J connectivity index is 0.00000267. The molecular weight excluding hydrogens is 596 g/mol. The number of hydrogen-bond donors (Lipinski definition) is 2. The molecule has 4 heterocycles. The fraction of sp³-hybridized carbons (Fsp3) is 0.389. The van der Waals surface area contributed by atoms with Crippen LogP contribution in [0.4, 0.5) is 5.13 Å². The van der Waals surface area contributed by atoms with Crippen molar-refractivity contribution in [2.75, 3.05) is 23.8 Å². The van der Waals surface area contributed by atoms with Crippen LogP contribution in [-0.4, -0.2) is 82.0 Å². The topological polar surface area (TPSA) is 234 Å². The van der Waals surface area contributed by atoms with E-state index >= 15 is 0 Å². The summed E-state index contributed by atoms with van der Waals surface area (Å²) in [4.78, 5) is 62.8. The number of carbonyl (C=O) groups excluding carboxylic acids is 3. The van der Waals surface area contributed by atoms with Crippen molar-refractivity contribution in [3.8, 4) is 5.88 Å². The minimum absolute atomic E-state index is 0. The average molecular weight is 614 g/mol. The van der Waals surface area contributed by atoms with E-state index < -0.39 is 40.6 Å². The molecule has 0 bridgehead atoms. The molecule has 1 unspecified atom stereocenters. The van der Waals surface area contributed by atoms with E-state index in [0.29, 0.717) is 5.57 Å². The number of nitrogens with two attached hydrogens (primary N) is 1. The van der Waals surface area contributed by atoms with Gasteiger partial charge in [-0.3, -0.25) is 19.3 Å². The molecule has 4 rings (SSSR count). The number of aromatic nitrogens is 5. The fourth-order valence-corrected chi connectivity index (χ4v) is 6.17. The quantitative estimate of drug-likeness (QED) is 0.0879. The minimum Gasteiger partial charge on any atom is -0.854 e. The van der Waals surface area contributed by atoms with Crippen LogP contribution in [0.3, 0.4) is 0 Å². The number of nitrogen functional groups attached to an aromatic ring is 1. The summed E-state index contributed by atoms with van der Waals surface area (Å²) in [6.07, 6.45) is 0. The molecule has 1 saturated heterocycles. The van der Waals surface area contributed by atoms with Crippen molar-refractivity contribution >= 4 is 63.7 Å². The van der Waals surface area contributed by atoms with Crippen molar-refractivity contribution in [1.29, 1.82) is 0 Å². The average Bonchev–Trinajstić information content (AvgIpc) is 3.29. The van der Waals surface area contributed by atoms with Gasteiger partial charge in [-0.2, -0.15) is 19.4 Å². The molecule has 0 aromatic carbocycles. The first kappa shape index (κ1) is 33.5. The number of aryl methyl sites for hydroxylation is 1. The van der Waals surface area contributed by atoms with Gasteiger partial charge in [-0.1, -0.05) is 16.9 Å². The number of β-lactam (4-membered cyclic amide) rings is 1. The van der Waals surface area contributed by atoms with Crippen molar-refractivity contribution in [1.82, 2.24) is 34.3 Å². The van der Waals surface area contributed by atoms with E-state index in [2.05, 4.69) is 29.9 Å². The largest absolute Gasteiger partial charge is 1.00 e. The Kier molecular flexibility index (Phi) is 12.3. The first-order valence-electron chi connectivity index (χ1n) is 10.4. The number of carboxylic acids is 1. The summed E-state index contributed by atoms with van der Waals surface area (Å²) < 4.78 is 5.05. The van der Waals surface area contributed by atoms with Gasteiger partial charge in [0.2, 0.25) is 11.5 Å². The second-order valence-corrected chi connectivity index (χ2v) is 10.2. The van der Waals surface area contributed by atoms with E-state index in [-0.39, 0.29) is 105 Å². The Morgan fingerprint density at radius 1 is 1.31 bits per heavy atom. The van der Waals surface area contributed by atoms with Gasteiger partial charge in [-0.15, -0.1) is 11.8 Å². The zero-order valence-electron chi connectivity index (χ0n) is 21.1. The molecule has 2 aliphatic heterocycles. The van der Waals surface area contributed by atoms with Crippen LogP contribution in [0.5, 0.6) is 5.88 Å². The predicted octanol–water partition coefficient (Wildman–Crippen LogP) is -9.37. The molecule has 0 spiro atoms. The molecule has 39 heavy (non-hydrogen) atoms. The number of fused-ring (bicyclic) bond motifs is 1. The second-order valence-electron chi connectivity index (χ2n) is 7.33. The van der Waals surface area contributed by atoms with Crippen LogP contribution >= 0.6 is 35.1 Å². The summed E-state index contributed by atoms with van der Waals surface area (Å²) >= 11 is 3.05. The molecule has 0 aliphatic carbocycles. The van der Waals surface area contributed by atoms with Gasteiger partial charge in [0.25, 0.3) is 17.4 Å². The van der Waals surface area contributed by atoms with Crippen LogP contribution in [0.25, 0.3) is 0 Å². The van der Waals surface area contributed by atoms with Crippen LogP contribution in [-0.2, 0) is 26.3 Å². The number of oxime groups is 1. The monoisotopic (exact) mass is 613 g/mol. The molecule has 16 nitrogen and oxygen atoms in total. The van der Waals surface area contributed by atoms with Crippen LogP contribution in [0.2, 0.25) is 0 Å². The van der Waals surface area contributed by atoms with Crippen molar-refractivity contribution < 1.29 is 88.5 Å². The third-order valence-electron chi connectivity index (χ3n) is 4.95. The summed E-state index contributed by atoms with van der Waals surface area (Å²) in [5, 5.41) is 32.5. The maximum Gasteiger partial charge on any atom is 1.00 e. The Labute approximate surface area is 277 Å². The van der Waals surface area contributed by atoms with Gasteiger partial charge in [0.15, 0.2) is 10.3 Å². The Morgan fingerprint density at radius 3 is 2.64 bits per heavy atom. The van der Waals surface area contributed by atoms with Crippen LogP contribution in [0.1, 0.15) is 12.7 Å². The first-order chi connectivity index (χ1) is 17.6. The van der Waals surface area contributed by atoms with Gasteiger partial charge in [-0.25, -0.2) is 4.68 Å². The third-order valence-corrected chi connectivity index (χ3v) is 7.94. The molecule has 0 saturated carbocycles. The number of hydrogen-bond acceptors (Lipinski definition) is 16. The molecule has 3 N–H and O–H groups in total. The number of carboxylic acid groups (broad SMARTS) is 1. The first-order valence-corrected chi connectivity index (χ1v) is 13.2. The van der Waals surface area contributed by atoms with E-state index in [1.54, 1.807) is 6.92 Å².